The number of fused-ring (bicyclic) bond motifs is 3. The molecule has 2 aliphatic carbocycles. The van der Waals surface area contributed by atoms with Crippen molar-refractivity contribution in [1.82, 2.24) is 10.0 Å². The van der Waals surface area contributed by atoms with Gasteiger partial charge in [0.2, 0.25) is 10.0 Å². The molecule has 1 spiro atoms. The number of carbonyl (C=O) groups is 1. The van der Waals surface area contributed by atoms with Crippen molar-refractivity contribution in [1.29, 1.82) is 0 Å². The summed E-state index contributed by atoms with van der Waals surface area (Å²) in [6, 6.07) is 1.16. The van der Waals surface area contributed by atoms with Crippen LogP contribution in [0.3, 0.4) is 0 Å². The van der Waals surface area contributed by atoms with Crippen LogP contribution in [0, 0.1) is 10.8 Å². The third-order valence-electron chi connectivity index (χ3n) is 8.07. The number of sulfonamides is 1. The van der Waals surface area contributed by atoms with Crippen LogP contribution in [-0.2, 0) is 16.4 Å². The second-order valence-corrected chi connectivity index (χ2v) is 12.4. The van der Waals surface area contributed by atoms with E-state index in [1.54, 1.807) is 6.08 Å². The van der Waals surface area contributed by atoms with Crippen LogP contribution in [0.2, 0.25) is 0 Å². The van der Waals surface area contributed by atoms with Gasteiger partial charge < -0.3 is 20.4 Å². The lowest BCUT2D eigenvalue weighted by molar-refractivity contribution is 0.00798. The lowest BCUT2D eigenvalue weighted by Crippen LogP contribution is -2.63. The van der Waals surface area contributed by atoms with Gasteiger partial charge in [0, 0.05) is 22.0 Å². The summed E-state index contributed by atoms with van der Waals surface area (Å²) >= 11 is 0. The summed E-state index contributed by atoms with van der Waals surface area (Å²) < 4.78 is 34.0. The number of aromatic hydroxyl groups is 1. The molecule has 0 saturated heterocycles. The monoisotopic (exact) mass is 499 g/mol. The second-order valence-electron chi connectivity index (χ2n) is 10.6. The summed E-state index contributed by atoms with van der Waals surface area (Å²) in [6.45, 7) is 9.54. The molecule has 1 aromatic carbocycles. The Labute approximate surface area is 204 Å². The molecule has 3 atom stereocenters. The molecular formula is C25H29N3O6S. The number of ether oxygens (including phenoxy) is 1. The lowest BCUT2D eigenvalue weighted by atomic mass is 9.51. The molecule has 2 aliphatic heterocycles. The number of carbonyl (C=O) groups excluding carboxylic acids is 1. The zero-order chi connectivity index (χ0) is 25.7. The van der Waals surface area contributed by atoms with Gasteiger partial charge in [0.1, 0.15) is 17.2 Å². The van der Waals surface area contributed by atoms with E-state index in [4.69, 9.17) is 4.74 Å². The van der Waals surface area contributed by atoms with E-state index < -0.39 is 26.5 Å². The molecule has 0 fully saturated rings. The number of allylic oxidation sites excluding steroid dienone is 3. The molecule has 4 N–H and O–H groups in total. The van der Waals surface area contributed by atoms with Gasteiger partial charge in [0.05, 0.1) is 23.6 Å². The number of oxime groups is 1. The first-order valence-electron chi connectivity index (χ1n) is 11.4. The van der Waals surface area contributed by atoms with Crippen molar-refractivity contribution in [3.05, 3.63) is 57.8 Å². The van der Waals surface area contributed by atoms with Crippen LogP contribution < -0.4 is 14.8 Å². The number of amides is 1. The van der Waals surface area contributed by atoms with E-state index in [1.165, 1.54) is 6.07 Å². The predicted octanol–water partition coefficient (Wildman–Crippen LogP) is 3.07. The fourth-order valence-corrected chi connectivity index (χ4v) is 6.70. The first kappa shape index (κ1) is 23.5. The molecule has 1 amide bonds. The van der Waals surface area contributed by atoms with Crippen molar-refractivity contribution in [2.75, 3.05) is 6.26 Å². The predicted molar refractivity (Wildman–Crippen MR) is 130 cm³/mol. The highest BCUT2D eigenvalue weighted by Gasteiger charge is 2.63. The second kappa shape index (κ2) is 6.90. The minimum absolute atomic E-state index is 0.0193. The molecule has 0 bridgehead atoms. The average Bonchev–Trinajstić information content (AvgIpc) is 3.00. The number of phenols is 1. The molecule has 0 radical (unpaired) electrons. The molecule has 0 saturated carbocycles. The van der Waals surface area contributed by atoms with Crippen LogP contribution in [0.15, 0.2) is 46.3 Å². The van der Waals surface area contributed by atoms with Gasteiger partial charge in [0.15, 0.2) is 5.60 Å². The Kier molecular flexibility index (Phi) is 4.63. The summed E-state index contributed by atoms with van der Waals surface area (Å²) in [5.74, 6) is 0.109. The van der Waals surface area contributed by atoms with Crippen LogP contribution in [0.25, 0.3) is 0 Å². The van der Waals surface area contributed by atoms with Crippen molar-refractivity contribution in [2.24, 2.45) is 16.0 Å². The maximum absolute atomic E-state index is 12.6. The van der Waals surface area contributed by atoms with Crippen LogP contribution in [0.5, 0.6) is 11.5 Å². The fourth-order valence-electron chi connectivity index (χ4n) is 6.14. The van der Waals surface area contributed by atoms with E-state index in [-0.39, 0.29) is 29.1 Å². The molecule has 5 rings (SSSR count). The highest BCUT2D eigenvalue weighted by molar-refractivity contribution is 7.88. The van der Waals surface area contributed by atoms with Gasteiger partial charge in [-0.05, 0) is 38.0 Å². The number of nitrogens with zero attached hydrogens (tertiary/aromatic N) is 1. The molecule has 186 valence electrons. The van der Waals surface area contributed by atoms with Gasteiger partial charge >= 0.3 is 0 Å². The van der Waals surface area contributed by atoms with Gasteiger partial charge in [-0.2, -0.15) is 0 Å². The molecule has 2 heterocycles. The Bertz CT molecular complexity index is 1440. The van der Waals surface area contributed by atoms with Crippen LogP contribution in [-0.4, -0.2) is 42.2 Å². The summed E-state index contributed by atoms with van der Waals surface area (Å²) in [5.41, 5.74) is 0.822. The minimum Gasteiger partial charge on any atom is -0.508 e. The smallest absolute Gasteiger partial charge is 0.252 e. The Hall–Kier alpha value is -3.27. The van der Waals surface area contributed by atoms with Gasteiger partial charge in [-0.3, -0.25) is 9.52 Å². The zero-order valence-electron chi connectivity index (χ0n) is 20.5. The van der Waals surface area contributed by atoms with Crippen molar-refractivity contribution < 1.29 is 28.3 Å². The van der Waals surface area contributed by atoms with E-state index in [1.807, 2.05) is 46.8 Å². The fraction of sp³-hybridized carbons (Fsp3) is 0.440. The Morgan fingerprint density at radius 2 is 1.94 bits per heavy atom. The van der Waals surface area contributed by atoms with Crippen molar-refractivity contribution >= 4 is 21.6 Å². The third-order valence-corrected chi connectivity index (χ3v) is 8.66. The quantitative estimate of drug-likeness (QED) is 0.365. The minimum atomic E-state index is -3.72. The number of hydrogen-bond donors (Lipinski definition) is 4. The molecule has 0 aromatic heterocycles. The van der Waals surface area contributed by atoms with Gasteiger partial charge in [-0.1, -0.05) is 43.7 Å². The SMILES string of the molecule is CC1=CC=C2C(C)(C)C(=NO)C(NS(C)(=O)=O)=CC23Oc2c(c(O)cc4c2C(C)NC4=O)CC13C. The van der Waals surface area contributed by atoms with Crippen molar-refractivity contribution in [3.8, 4) is 11.5 Å². The van der Waals surface area contributed by atoms with Gasteiger partial charge in [-0.15, -0.1) is 0 Å². The number of benzene rings is 1. The molecule has 35 heavy (non-hydrogen) atoms. The van der Waals surface area contributed by atoms with E-state index in [0.717, 1.165) is 17.4 Å². The van der Waals surface area contributed by atoms with Crippen LogP contribution in [0.1, 0.15) is 62.1 Å². The van der Waals surface area contributed by atoms with Crippen molar-refractivity contribution in [3.63, 3.8) is 0 Å². The summed E-state index contributed by atoms with van der Waals surface area (Å²) in [4.78, 5) is 12.6. The molecule has 9 nitrogen and oxygen atoms in total. The number of rotatable bonds is 2. The van der Waals surface area contributed by atoms with E-state index >= 15 is 0 Å². The van der Waals surface area contributed by atoms with Gasteiger partial charge in [-0.25, -0.2) is 8.42 Å². The van der Waals surface area contributed by atoms with E-state index in [2.05, 4.69) is 15.2 Å². The van der Waals surface area contributed by atoms with Crippen LogP contribution >= 0.6 is 0 Å². The normalized spacial score (nSPS) is 31.6. The first-order chi connectivity index (χ1) is 16.2. The maximum atomic E-state index is 12.6. The van der Waals surface area contributed by atoms with Crippen LogP contribution in [0.4, 0.5) is 0 Å². The Balaban J connectivity index is 1.87. The summed E-state index contributed by atoms with van der Waals surface area (Å²) in [6.07, 6.45) is 7.00. The summed E-state index contributed by atoms with van der Waals surface area (Å²) in [5, 5.41) is 27.2. The Morgan fingerprint density at radius 3 is 2.57 bits per heavy atom. The number of nitrogens with one attached hydrogen (secondary N) is 2. The molecule has 10 heteroatoms. The molecule has 1 aromatic rings. The standard InChI is InChI=1S/C25H29N3O6S/c1-12-7-8-18-23(3,4)21(27-31)16(28-35(6,32)33)11-25(18)24(12,5)10-15-17(29)9-14-19(20(15)34-25)13(2)26-22(14)30/h7-9,11,13,28-29,31H,10H2,1-6H3,(H,26,30). The topological polar surface area (TPSA) is 137 Å². The first-order valence-corrected chi connectivity index (χ1v) is 13.3. The maximum Gasteiger partial charge on any atom is 0.252 e. The van der Waals surface area contributed by atoms with E-state index in [9.17, 15) is 23.5 Å². The molecule has 3 unspecified atom stereocenters. The number of phenolic OH excluding ortho intramolecular Hbond substituents is 1. The third kappa shape index (κ3) is 2.95. The Morgan fingerprint density at radius 1 is 1.26 bits per heavy atom. The van der Waals surface area contributed by atoms with Crippen molar-refractivity contribution in [2.45, 2.75) is 52.7 Å². The van der Waals surface area contributed by atoms with Gasteiger partial charge in [0.25, 0.3) is 5.91 Å². The highest BCUT2D eigenvalue weighted by Crippen LogP contribution is 2.63. The highest BCUT2D eigenvalue weighted by atomic mass is 32.2. The zero-order valence-corrected chi connectivity index (χ0v) is 21.3. The van der Waals surface area contributed by atoms with E-state index in [0.29, 0.717) is 28.9 Å². The molecular weight excluding hydrogens is 470 g/mol. The lowest BCUT2D eigenvalue weighted by Gasteiger charge is -2.58. The largest absolute Gasteiger partial charge is 0.508 e. The molecule has 4 aliphatic rings. The average molecular weight is 500 g/mol. The number of hydrogen-bond acceptors (Lipinski definition) is 7. The summed E-state index contributed by atoms with van der Waals surface area (Å²) in [7, 11) is -3.72.